The lowest BCUT2D eigenvalue weighted by Gasteiger charge is -2.48. The molecule has 1 aromatic carbocycles. The molecule has 2 unspecified atom stereocenters. The van der Waals surface area contributed by atoms with E-state index in [9.17, 15) is 0 Å². The van der Waals surface area contributed by atoms with Gasteiger partial charge in [-0.05, 0) is 50.6 Å². The van der Waals surface area contributed by atoms with Crippen LogP contribution in [0.5, 0.6) is 0 Å². The molecule has 0 radical (unpaired) electrons. The van der Waals surface area contributed by atoms with Gasteiger partial charge in [0.25, 0.3) is 0 Å². The van der Waals surface area contributed by atoms with Crippen molar-refractivity contribution >= 4 is 29.9 Å². The quantitative estimate of drug-likeness (QED) is 0.225. The standard InChI is InChI=1S/C22H34N4.HI/c1-3-4-8-14-24-22(23-2)26-16-13-21-20(18-26)12-9-15-25(21)17-19-10-6-5-7-11-19;/h3-7,10-11,20-21H,8-9,12-18H2,1-2H3,(H,23,24);1H/b4-3+;. The van der Waals surface area contributed by atoms with E-state index in [0.29, 0.717) is 0 Å². The normalized spacial score (nSPS) is 23.8. The van der Waals surface area contributed by atoms with Crippen LogP contribution in [-0.4, -0.2) is 55.0 Å². The van der Waals surface area contributed by atoms with E-state index in [1.54, 1.807) is 0 Å². The summed E-state index contributed by atoms with van der Waals surface area (Å²) in [6.07, 6.45) is 9.28. The third kappa shape index (κ3) is 6.21. The van der Waals surface area contributed by atoms with Crippen LogP contribution in [0.2, 0.25) is 0 Å². The van der Waals surface area contributed by atoms with E-state index in [4.69, 9.17) is 0 Å². The fraction of sp³-hybridized carbons (Fsp3) is 0.591. The van der Waals surface area contributed by atoms with E-state index in [0.717, 1.165) is 50.5 Å². The molecule has 0 saturated carbocycles. The summed E-state index contributed by atoms with van der Waals surface area (Å²) in [6, 6.07) is 11.7. The molecule has 2 fully saturated rings. The minimum absolute atomic E-state index is 0. The molecule has 27 heavy (non-hydrogen) atoms. The lowest BCUT2D eigenvalue weighted by molar-refractivity contribution is 0.0373. The van der Waals surface area contributed by atoms with Gasteiger partial charge in [0.05, 0.1) is 0 Å². The van der Waals surface area contributed by atoms with E-state index in [1.807, 2.05) is 7.05 Å². The highest BCUT2D eigenvalue weighted by Crippen LogP contribution is 2.31. The van der Waals surface area contributed by atoms with Crippen molar-refractivity contribution in [3.63, 3.8) is 0 Å². The lowest BCUT2D eigenvalue weighted by atomic mass is 9.83. The predicted molar refractivity (Wildman–Crippen MR) is 126 cm³/mol. The molecule has 0 aliphatic carbocycles. The zero-order valence-electron chi connectivity index (χ0n) is 16.8. The minimum Gasteiger partial charge on any atom is -0.356 e. The van der Waals surface area contributed by atoms with Crippen molar-refractivity contribution < 1.29 is 0 Å². The molecule has 2 aliphatic heterocycles. The van der Waals surface area contributed by atoms with Gasteiger partial charge >= 0.3 is 0 Å². The van der Waals surface area contributed by atoms with E-state index < -0.39 is 0 Å². The zero-order valence-corrected chi connectivity index (χ0v) is 19.1. The number of aliphatic imine (C=N–C) groups is 1. The van der Waals surface area contributed by atoms with Crippen LogP contribution in [0.4, 0.5) is 0 Å². The second-order valence-electron chi connectivity index (χ2n) is 7.49. The summed E-state index contributed by atoms with van der Waals surface area (Å²) in [5, 5.41) is 3.53. The number of allylic oxidation sites excluding steroid dienone is 1. The average Bonchev–Trinajstić information content (AvgIpc) is 2.69. The van der Waals surface area contributed by atoms with Crippen molar-refractivity contribution in [1.29, 1.82) is 0 Å². The van der Waals surface area contributed by atoms with Gasteiger partial charge in [-0.25, -0.2) is 0 Å². The molecule has 2 aliphatic rings. The number of rotatable bonds is 5. The van der Waals surface area contributed by atoms with Crippen LogP contribution < -0.4 is 5.32 Å². The number of fused-ring (bicyclic) bond motifs is 1. The first-order valence-electron chi connectivity index (χ1n) is 10.2. The van der Waals surface area contributed by atoms with Gasteiger partial charge in [0.1, 0.15) is 0 Å². The molecule has 2 saturated heterocycles. The van der Waals surface area contributed by atoms with E-state index in [1.165, 1.54) is 31.4 Å². The Morgan fingerprint density at radius 3 is 2.78 bits per heavy atom. The first-order valence-corrected chi connectivity index (χ1v) is 10.2. The van der Waals surface area contributed by atoms with Crippen LogP contribution in [-0.2, 0) is 6.54 Å². The van der Waals surface area contributed by atoms with Gasteiger partial charge in [-0.3, -0.25) is 9.89 Å². The molecular weight excluding hydrogens is 447 g/mol. The van der Waals surface area contributed by atoms with E-state index >= 15 is 0 Å². The summed E-state index contributed by atoms with van der Waals surface area (Å²) in [7, 11) is 1.91. The summed E-state index contributed by atoms with van der Waals surface area (Å²) >= 11 is 0. The van der Waals surface area contributed by atoms with Gasteiger partial charge in [-0.2, -0.15) is 0 Å². The van der Waals surface area contributed by atoms with E-state index in [2.05, 4.69) is 69.5 Å². The fourth-order valence-electron chi connectivity index (χ4n) is 4.48. The first kappa shape index (κ1) is 22.2. The van der Waals surface area contributed by atoms with E-state index in [-0.39, 0.29) is 24.0 Å². The van der Waals surface area contributed by atoms with Crippen molar-refractivity contribution in [3.05, 3.63) is 48.0 Å². The highest BCUT2D eigenvalue weighted by atomic mass is 127. The van der Waals surface area contributed by atoms with Crippen molar-refractivity contribution in [2.45, 2.75) is 45.2 Å². The SMILES string of the molecule is C/C=C/CCNC(=NC)N1CCC2C(CCCN2Cc2ccccc2)C1.I. The number of likely N-dealkylation sites (tertiary alicyclic amines) is 2. The number of hydrogen-bond donors (Lipinski definition) is 1. The second-order valence-corrected chi connectivity index (χ2v) is 7.49. The molecule has 0 amide bonds. The zero-order chi connectivity index (χ0) is 18.2. The third-order valence-electron chi connectivity index (χ3n) is 5.75. The van der Waals surface area contributed by atoms with Gasteiger partial charge in [-0.15, -0.1) is 24.0 Å². The number of halogens is 1. The Bertz CT molecular complexity index is 602. The summed E-state index contributed by atoms with van der Waals surface area (Å²) in [4.78, 5) is 9.73. The lowest BCUT2D eigenvalue weighted by Crippen LogP contribution is -2.56. The topological polar surface area (TPSA) is 30.9 Å². The van der Waals surface area contributed by atoms with Crippen molar-refractivity contribution in [2.75, 3.05) is 33.2 Å². The van der Waals surface area contributed by atoms with Crippen LogP contribution in [0, 0.1) is 5.92 Å². The molecule has 0 aromatic heterocycles. The minimum atomic E-state index is 0. The Balaban J connectivity index is 0.00000261. The van der Waals surface area contributed by atoms with Crippen LogP contribution in [0.25, 0.3) is 0 Å². The number of nitrogens with one attached hydrogen (secondary N) is 1. The summed E-state index contributed by atoms with van der Waals surface area (Å²) < 4.78 is 0. The second kappa shape index (κ2) is 11.7. The molecule has 150 valence electrons. The monoisotopic (exact) mass is 482 g/mol. The predicted octanol–water partition coefficient (Wildman–Crippen LogP) is 4.13. The first-order chi connectivity index (χ1) is 12.8. The Morgan fingerprint density at radius 1 is 1.22 bits per heavy atom. The Kier molecular flexibility index (Phi) is 9.62. The summed E-state index contributed by atoms with van der Waals surface area (Å²) in [5.74, 6) is 1.84. The largest absolute Gasteiger partial charge is 0.356 e. The molecule has 2 heterocycles. The Morgan fingerprint density at radius 2 is 2.04 bits per heavy atom. The van der Waals surface area contributed by atoms with Crippen LogP contribution in [0.15, 0.2) is 47.5 Å². The molecular formula is C22H35IN4. The Hall–Kier alpha value is -1.08. The number of hydrogen-bond acceptors (Lipinski definition) is 2. The van der Waals surface area contributed by atoms with Gasteiger partial charge in [-0.1, -0.05) is 42.5 Å². The van der Waals surface area contributed by atoms with Crippen molar-refractivity contribution in [1.82, 2.24) is 15.1 Å². The van der Waals surface area contributed by atoms with Crippen LogP contribution in [0.1, 0.15) is 38.2 Å². The Labute approximate surface area is 182 Å². The van der Waals surface area contributed by atoms with Gasteiger partial charge in [0.15, 0.2) is 5.96 Å². The van der Waals surface area contributed by atoms with Gasteiger partial charge in [0.2, 0.25) is 0 Å². The number of piperidine rings is 2. The van der Waals surface area contributed by atoms with Crippen molar-refractivity contribution in [2.24, 2.45) is 10.9 Å². The van der Waals surface area contributed by atoms with Gasteiger partial charge < -0.3 is 10.2 Å². The van der Waals surface area contributed by atoms with Crippen LogP contribution in [0.3, 0.4) is 0 Å². The summed E-state index contributed by atoms with van der Waals surface area (Å²) in [5.41, 5.74) is 1.44. The molecule has 4 nitrogen and oxygen atoms in total. The molecule has 0 spiro atoms. The van der Waals surface area contributed by atoms with Crippen molar-refractivity contribution in [3.8, 4) is 0 Å². The summed E-state index contributed by atoms with van der Waals surface area (Å²) in [6.45, 7) is 7.62. The molecule has 5 heteroatoms. The maximum absolute atomic E-state index is 4.53. The fourth-order valence-corrected chi connectivity index (χ4v) is 4.48. The number of guanidine groups is 1. The molecule has 2 atom stereocenters. The van der Waals surface area contributed by atoms with Gasteiger partial charge in [0, 0.05) is 39.3 Å². The van der Waals surface area contributed by atoms with Crippen LogP contribution >= 0.6 is 24.0 Å². The maximum atomic E-state index is 4.53. The molecule has 3 rings (SSSR count). The number of benzene rings is 1. The average molecular weight is 482 g/mol. The smallest absolute Gasteiger partial charge is 0.193 e. The highest BCUT2D eigenvalue weighted by Gasteiger charge is 2.36. The molecule has 1 N–H and O–H groups in total. The highest BCUT2D eigenvalue weighted by molar-refractivity contribution is 14.0. The molecule has 0 bridgehead atoms. The number of nitrogens with zero attached hydrogens (tertiary/aromatic N) is 3. The maximum Gasteiger partial charge on any atom is 0.193 e. The molecule has 1 aromatic rings. The third-order valence-corrected chi connectivity index (χ3v) is 5.75.